The molecule has 28 heavy (non-hydrogen) atoms. The summed E-state index contributed by atoms with van der Waals surface area (Å²) in [5.74, 6) is -0.557. The molecule has 2 heterocycles. The smallest absolute Gasteiger partial charge is 0.199 e. The SMILES string of the molecule is Cc1ccc(Cl)c2c1C(=O)/C(=C/c1cc3sc(-c4ccccc4)nc3s1)C2=O. The first-order valence-electron chi connectivity index (χ1n) is 8.59. The maximum absolute atomic E-state index is 12.8. The molecule has 0 spiro atoms. The van der Waals surface area contributed by atoms with Crippen molar-refractivity contribution in [2.24, 2.45) is 0 Å². The number of thiophene rings is 1. The molecule has 0 aliphatic heterocycles. The first-order chi connectivity index (χ1) is 13.5. The summed E-state index contributed by atoms with van der Waals surface area (Å²) in [5, 5.41) is 1.28. The fourth-order valence-corrected chi connectivity index (χ4v) is 5.79. The van der Waals surface area contributed by atoms with Gasteiger partial charge in [-0.3, -0.25) is 9.59 Å². The van der Waals surface area contributed by atoms with Gasteiger partial charge in [-0.15, -0.1) is 22.7 Å². The van der Waals surface area contributed by atoms with Crippen LogP contribution in [0.15, 0.2) is 54.1 Å². The van der Waals surface area contributed by atoms with Gasteiger partial charge in [-0.2, -0.15) is 0 Å². The van der Waals surface area contributed by atoms with E-state index in [9.17, 15) is 9.59 Å². The number of nitrogens with zero attached hydrogens (tertiary/aromatic N) is 1. The zero-order valence-corrected chi connectivity index (χ0v) is 17.0. The van der Waals surface area contributed by atoms with Crippen LogP contribution in [0.5, 0.6) is 0 Å². The third-order valence-electron chi connectivity index (χ3n) is 4.72. The monoisotopic (exact) mass is 421 g/mol. The molecule has 0 fully saturated rings. The number of thiazole rings is 1. The van der Waals surface area contributed by atoms with Gasteiger partial charge in [0.15, 0.2) is 11.6 Å². The lowest BCUT2D eigenvalue weighted by molar-refractivity contribution is 0.0990. The zero-order valence-electron chi connectivity index (χ0n) is 14.7. The van der Waals surface area contributed by atoms with E-state index in [1.165, 1.54) is 11.3 Å². The van der Waals surface area contributed by atoms with Crippen LogP contribution >= 0.6 is 34.3 Å². The summed E-state index contributed by atoms with van der Waals surface area (Å²) in [4.78, 5) is 32.1. The van der Waals surface area contributed by atoms with Crippen molar-refractivity contribution in [1.82, 2.24) is 4.98 Å². The maximum Gasteiger partial charge on any atom is 0.199 e. The van der Waals surface area contributed by atoms with Crippen molar-refractivity contribution in [3.8, 4) is 10.6 Å². The van der Waals surface area contributed by atoms with Gasteiger partial charge in [0.2, 0.25) is 0 Å². The summed E-state index contributed by atoms with van der Waals surface area (Å²) in [6.45, 7) is 1.82. The molecule has 0 amide bonds. The van der Waals surface area contributed by atoms with Crippen LogP contribution in [0.1, 0.15) is 31.2 Å². The summed E-state index contributed by atoms with van der Waals surface area (Å²) in [7, 11) is 0. The topological polar surface area (TPSA) is 47.0 Å². The number of Topliss-reactive ketones (excluding diaryl/α,β-unsaturated/α-hetero) is 2. The highest BCUT2D eigenvalue weighted by atomic mass is 35.5. The van der Waals surface area contributed by atoms with E-state index < -0.39 is 0 Å². The summed E-state index contributed by atoms with van der Waals surface area (Å²) < 4.78 is 1.04. The summed E-state index contributed by atoms with van der Waals surface area (Å²) in [5.41, 5.74) is 2.76. The minimum atomic E-state index is -0.302. The number of allylic oxidation sites excluding steroid dienone is 1. The number of halogens is 1. The van der Waals surface area contributed by atoms with E-state index in [-0.39, 0.29) is 17.1 Å². The average molecular weight is 422 g/mol. The van der Waals surface area contributed by atoms with Gasteiger partial charge in [-0.25, -0.2) is 4.98 Å². The Morgan fingerprint density at radius 1 is 0.964 bits per heavy atom. The number of carbonyl (C=O) groups is 2. The van der Waals surface area contributed by atoms with Crippen LogP contribution in [0.4, 0.5) is 0 Å². The number of benzene rings is 2. The van der Waals surface area contributed by atoms with Gasteiger partial charge in [-0.05, 0) is 30.7 Å². The molecule has 6 heteroatoms. The first kappa shape index (κ1) is 17.5. The fourth-order valence-electron chi connectivity index (χ4n) is 3.37. The van der Waals surface area contributed by atoms with E-state index in [0.717, 1.165) is 30.5 Å². The van der Waals surface area contributed by atoms with E-state index in [0.29, 0.717) is 16.1 Å². The van der Waals surface area contributed by atoms with E-state index in [1.807, 2.05) is 43.3 Å². The van der Waals surface area contributed by atoms with Gasteiger partial charge in [-0.1, -0.05) is 48.0 Å². The molecular formula is C22H12ClNO2S2. The van der Waals surface area contributed by atoms with Crippen LogP contribution in [0.25, 0.3) is 26.2 Å². The highest BCUT2D eigenvalue weighted by molar-refractivity contribution is 7.29. The molecule has 0 unspecified atom stereocenters. The van der Waals surface area contributed by atoms with Crippen LogP contribution < -0.4 is 0 Å². The predicted molar refractivity (Wildman–Crippen MR) is 116 cm³/mol. The van der Waals surface area contributed by atoms with Crippen molar-refractivity contribution < 1.29 is 9.59 Å². The molecule has 0 saturated carbocycles. The Bertz CT molecular complexity index is 1240. The largest absolute Gasteiger partial charge is 0.288 e. The number of rotatable bonds is 2. The lowest BCUT2D eigenvalue weighted by Crippen LogP contribution is -2.00. The Labute approximate surface area is 173 Å². The van der Waals surface area contributed by atoms with Crippen molar-refractivity contribution in [2.75, 3.05) is 0 Å². The third kappa shape index (κ3) is 2.66. The average Bonchev–Trinajstić information content (AvgIpc) is 3.32. The molecule has 2 aromatic heterocycles. The number of hydrogen-bond donors (Lipinski definition) is 0. The Balaban J connectivity index is 1.55. The number of aromatic nitrogens is 1. The van der Waals surface area contributed by atoms with Crippen LogP contribution in [0.2, 0.25) is 5.02 Å². The Kier molecular flexibility index (Phi) is 4.05. The van der Waals surface area contributed by atoms with Crippen molar-refractivity contribution in [2.45, 2.75) is 6.92 Å². The van der Waals surface area contributed by atoms with E-state index in [1.54, 1.807) is 29.5 Å². The molecule has 0 saturated heterocycles. The number of aryl methyl sites for hydroxylation is 1. The lowest BCUT2D eigenvalue weighted by Gasteiger charge is -2.01. The van der Waals surface area contributed by atoms with Gasteiger partial charge in [0, 0.05) is 16.0 Å². The number of hydrogen-bond acceptors (Lipinski definition) is 5. The Morgan fingerprint density at radius 3 is 2.43 bits per heavy atom. The van der Waals surface area contributed by atoms with Gasteiger partial charge in [0.25, 0.3) is 0 Å². The molecule has 2 aromatic carbocycles. The molecule has 0 bridgehead atoms. The summed E-state index contributed by atoms with van der Waals surface area (Å²) >= 11 is 9.26. The molecule has 1 aliphatic carbocycles. The second-order valence-electron chi connectivity index (χ2n) is 6.53. The summed E-state index contributed by atoms with van der Waals surface area (Å²) in [6.07, 6.45) is 1.67. The van der Waals surface area contributed by atoms with Crippen LogP contribution in [0, 0.1) is 6.92 Å². The third-order valence-corrected chi connectivity index (χ3v) is 7.19. The van der Waals surface area contributed by atoms with Crippen molar-refractivity contribution >= 4 is 61.4 Å². The predicted octanol–water partition coefficient (Wildman–Crippen LogP) is 6.45. The molecule has 3 nitrogen and oxygen atoms in total. The van der Waals surface area contributed by atoms with Gasteiger partial charge in [0.1, 0.15) is 9.84 Å². The lowest BCUT2D eigenvalue weighted by atomic mass is 10.0. The molecule has 5 rings (SSSR count). The van der Waals surface area contributed by atoms with Crippen LogP contribution in [-0.4, -0.2) is 16.6 Å². The van der Waals surface area contributed by atoms with Crippen LogP contribution in [0.3, 0.4) is 0 Å². The minimum Gasteiger partial charge on any atom is -0.288 e. The molecule has 0 radical (unpaired) electrons. The zero-order chi connectivity index (χ0) is 19.4. The van der Waals surface area contributed by atoms with Gasteiger partial charge >= 0.3 is 0 Å². The fraction of sp³-hybridized carbons (Fsp3) is 0.0455. The Hall–Kier alpha value is -2.60. The maximum atomic E-state index is 12.8. The van der Waals surface area contributed by atoms with Crippen molar-refractivity contribution in [3.63, 3.8) is 0 Å². The van der Waals surface area contributed by atoms with E-state index in [2.05, 4.69) is 0 Å². The quantitative estimate of drug-likeness (QED) is 0.276. The molecular weight excluding hydrogens is 410 g/mol. The molecule has 0 atom stereocenters. The molecule has 0 N–H and O–H groups in total. The minimum absolute atomic E-state index is 0.170. The standard InChI is InChI=1S/C22H12ClNO2S2/c1-11-7-8-15(23)18-17(11)19(25)14(20(18)26)9-13-10-16-22(27-13)24-21(28-16)12-5-3-2-4-6-12/h2-10H,1H3/b14-9-. The molecule has 136 valence electrons. The van der Waals surface area contributed by atoms with Gasteiger partial charge < -0.3 is 0 Å². The number of fused-ring (bicyclic) bond motifs is 2. The number of ketones is 2. The second kappa shape index (κ2) is 6.48. The highest BCUT2D eigenvalue weighted by Crippen LogP contribution is 2.38. The van der Waals surface area contributed by atoms with Crippen molar-refractivity contribution in [1.29, 1.82) is 0 Å². The number of carbonyl (C=O) groups excluding carboxylic acids is 2. The molecule has 4 aromatic rings. The Morgan fingerprint density at radius 2 is 1.71 bits per heavy atom. The highest BCUT2D eigenvalue weighted by Gasteiger charge is 2.36. The first-order valence-corrected chi connectivity index (χ1v) is 10.6. The van der Waals surface area contributed by atoms with Crippen LogP contribution in [-0.2, 0) is 0 Å². The second-order valence-corrected chi connectivity index (χ2v) is 9.03. The van der Waals surface area contributed by atoms with E-state index >= 15 is 0 Å². The normalized spacial score (nSPS) is 15.0. The van der Waals surface area contributed by atoms with Crippen molar-refractivity contribution in [3.05, 3.63) is 80.7 Å². The summed E-state index contributed by atoms with van der Waals surface area (Å²) in [6, 6.07) is 15.4. The van der Waals surface area contributed by atoms with Gasteiger partial charge in [0.05, 0.1) is 20.9 Å². The molecule has 1 aliphatic rings. The van der Waals surface area contributed by atoms with E-state index in [4.69, 9.17) is 16.6 Å².